The summed E-state index contributed by atoms with van der Waals surface area (Å²) in [7, 11) is 0. The van der Waals surface area contributed by atoms with Crippen molar-refractivity contribution >= 4 is 75.4 Å². The number of fused-ring (bicyclic) bond motifs is 1. The van der Waals surface area contributed by atoms with Gasteiger partial charge in [0.05, 0.1) is 0 Å². The van der Waals surface area contributed by atoms with Gasteiger partial charge in [-0.25, -0.2) is 0 Å². The van der Waals surface area contributed by atoms with Gasteiger partial charge in [0.15, 0.2) is 0 Å². The summed E-state index contributed by atoms with van der Waals surface area (Å²) in [5.41, 5.74) is 5.15. The van der Waals surface area contributed by atoms with Crippen LogP contribution in [0.15, 0.2) is 146 Å². The minimum atomic E-state index is 1.28. The zero-order chi connectivity index (χ0) is 27.4. The van der Waals surface area contributed by atoms with E-state index in [-0.39, 0.29) is 0 Å². The average Bonchev–Trinajstić information content (AvgIpc) is 3.06. The van der Waals surface area contributed by atoms with Gasteiger partial charge in [-0.1, -0.05) is 146 Å². The summed E-state index contributed by atoms with van der Waals surface area (Å²) in [6.07, 6.45) is 0. The van der Waals surface area contributed by atoms with E-state index in [0.717, 1.165) is 0 Å². The zero-order valence-electron chi connectivity index (χ0n) is 22.9. The van der Waals surface area contributed by atoms with Gasteiger partial charge < -0.3 is 0 Å². The van der Waals surface area contributed by atoms with Crippen LogP contribution in [0.5, 0.6) is 0 Å². The third-order valence-corrected chi connectivity index (χ3v) is 9.56. The Labute approximate surface area is 242 Å². The molecule has 0 amide bonds. The smallest absolute Gasteiger partial charge is 0.00206 e. The van der Waals surface area contributed by atoms with Crippen LogP contribution in [0.1, 0.15) is 0 Å². The van der Waals surface area contributed by atoms with Crippen LogP contribution in [0.4, 0.5) is 0 Å². The van der Waals surface area contributed by atoms with Crippen LogP contribution in [0.25, 0.3) is 97.7 Å². The number of hydrogen-bond donors (Lipinski definition) is 0. The van der Waals surface area contributed by atoms with Gasteiger partial charge in [0.2, 0.25) is 0 Å². The highest BCUT2D eigenvalue weighted by molar-refractivity contribution is 6.28. The molecule has 0 heterocycles. The molecule has 42 heavy (non-hydrogen) atoms. The molecule has 10 aromatic rings. The number of hydrogen-bond acceptors (Lipinski definition) is 0. The molecule has 10 rings (SSSR count). The lowest BCUT2D eigenvalue weighted by Gasteiger charge is -2.18. The van der Waals surface area contributed by atoms with Gasteiger partial charge in [0, 0.05) is 0 Å². The first-order valence-electron chi connectivity index (χ1n) is 14.7. The second-order valence-electron chi connectivity index (χ2n) is 11.6. The highest BCUT2D eigenvalue weighted by Gasteiger charge is 2.17. The fourth-order valence-electron chi connectivity index (χ4n) is 7.71. The highest BCUT2D eigenvalue weighted by atomic mass is 14.2. The van der Waals surface area contributed by atoms with Crippen molar-refractivity contribution in [1.29, 1.82) is 0 Å². The minimum Gasteiger partial charge on any atom is -0.0616 e. The number of rotatable bonds is 2. The van der Waals surface area contributed by atoms with E-state index in [1.807, 2.05) is 0 Å². The van der Waals surface area contributed by atoms with Crippen LogP contribution in [-0.4, -0.2) is 0 Å². The predicted molar refractivity (Wildman–Crippen MR) is 182 cm³/mol. The fourth-order valence-corrected chi connectivity index (χ4v) is 7.71. The molecule has 0 spiro atoms. The van der Waals surface area contributed by atoms with Gasteiger partial charge in [0.1, 0.15) is 0 Å². The Kier molecular flexibility index (Phi) is 4.27. The van der Waals surface area contributed by atoms with Gasteiger partial charge in [0.25, 0.3) is 0 Å². The average molecular weight is 529 g/mol. The van der Waals surface area contributed by atoms with Gasteiger partial charge in [-0.15, -0.1) is 0 Å². The second-order valence-corrected chi connectivity index (χ2v) is 11.6. The lowest BCUT2D eigenvalue weighted by atomic mass is 9.85. The van der Waals surface area contributed by atoms with E-state index < -0.39 is 0 Å². The topological polar surface area (TPSA) is 0 Å². The molecule has 0 radical (unpaired) electrons. The molecule has 10 aromatic carbocycles. The molecule has 0 atom stereocenters. The van der Waals surface area contributed by atoms with E-state index in [4.69, 9.17) is 0 Å². The molecule has 0 aliphatic carbocycles. The summed E-state index contributed by atoms with van der Waals surface area (Å²) in [5.74, 6) is 0. The standard InChI is InChI=1S/C42H24/c1-2-10-32-31(9-1)33(35-19-15-29-13-11-25-5-3-7-27-17-21-37(35)41(29)39(25)27)23-24-34(32)36-20-16-30-14-12-26-6-4-8-28-18-22-38(36)42(30)40(26)28/h1-24H. The van der Waals surface area contributed by atoms with Crippen molar-refractivity contribution in [2.45, 2.75) is 0 Å². The zero-order valence-corrected chi connectivity index (χ0v) is 22.9. The van der Waals surface area contributed by atoms with Gasteiger partial charge in [-0.3, -0.25) is 0 Å². The molecule has 0 nitrogen and oxygen atoms in total. The largest absolute Gasteiger partial charge is 0.0616 e. The molecular formula is C42H24. The quantitative estimate of drug-likeness (QED) is 0.196. The van der Waals surface area contributed by atoms with Crippen molar-refractivity contribution in [3.63, 3.8) is 0 Å². The first kappa shape index (κ1) is 22.3. The Morgan fingerprint density at radius 3 is 0.929 bits per heavy atom. The summed E-state index contributed by atoms with van der Waals surface area (Å²) in [5, 5.41) is 18.5. The maximum atomic E-state index is 2.35. The second kappa shape index (κ2) is 8.06. The molecule has 0 saturated heterocycles. The summed E-state index contributed by atoms with van der Waals surface area (Å²) in [6.45, 7) is 0. The normalized spacial score (nSPS) is 12.3. The number of benzene rings is 10. The third-order valence-electron chi connectivity index (χ3n) is 9.56. The fraction of sp³-hybridized carbons (Fsp3) is 0. The molecule has 0 fully saturated rings. The minimum absolute atomic E-state index is 1.28. The molecule has 0 saturated carbocycles. The van der Waals surface area contributed by atoms with Crippen molar-refractivity contribution in [2.24, 2.45) is 0 Å². The summed E-state index contributed by atoms with van der Waals surface area (Å²) >= 11 is 0. The van der Waals surface area contributed by atoms with E-state index in [1.165, 1.54) is 97.7 Å². The van der Waals surface area contributed by atoms with Crippen LogP contribution >= 0.6 is 0 Å². The van der Waals surface area contributed by atoms with Crippen LogP contribution in [0.3, 0.4) is 0 Å². The van der Waals surface area contributed by atoms with E-state index in [2.05, 4.69) is 146 Å². The Bertz CT molecular complexity index is 2450. The molecule has 0 aromatic heterocycles. The van der Waals surface area contributed by atoms with E-state index >= 15 is 0 Å². The first-order valence-corrected chi connectivity index (χ1v) is 14.7. The van der Waals surface area contributed by atoms with Crippen LogP contribution < -0.4 is 0 Å². The first-order chi connectivity index (χ1) is 20.8. The summed E-state index contributed by atoms with van der Waals surface area (Å²) < 4.78 is 0. The molecule has 0 heteroatoms. The monoisotopic (exact) mass is 528 g/mol. The molecular weight excluding hydrogens is 504 g/mol. The lowest BCUT2D eigenvalue weighted by molar-refractivity contribution is 1.68. The molecule has 0 bridgehead atoms. The molecule has 0 N–H and O–H groups in total. The molecule has 0 unspecified atom stereocenters. The lowest BCUT2D eigenvalue weighted by Crippen LogP contribution is -1.91. The van der Waals surface area contributed by atoms with Crippen molar-refractivity contribution in [3.05, 3.63) is 146 Å². The van der Waals surface area contributed by atoms with Gasteiger partial charge in [-0.05, 0) is 97.7 Å². The van der Waals surface area contributed by atoms with E-state index in [0.29, 0.717) is 0 Å². The summed E-state index contributed by atoms with van der Waals surface area (Å²) in [4.78, 5) is 0. The van der Waals surface area contributed by atoms with Crippen LogP contribution in [0.2, 0.25) is 0 Å². The molecule has 192 valence electrons. The molecule has 0 aliphatic rings. The van der Waals surface area contributed by atoms with E-state index in [9.17, 15) is 0 Å². The SMILES string of the molecule is c1cc2ccc3ccc(-c4ccc(-c5ccc6ccc7cccc8ccc5c6c78)c5ccccc45)c4ccc(c1)c2c34. The maximum absolute atomic E-state index is 2.35. The van der Waals surface area contributed by atoms with Gasteiger partial charge in [-0.2, -0.15) is 0 Å². The Balaban J connectivity index is 1.27. The predicted octanol–water partition coefficient (Wildman–Crippen LogP) is 12.0. The Morgan fingerprint density at radius 2 is 0.500 bits per heavy atom. The van der Waals surface area contributed by atoms with Crippen molar-refractivity contribution in [2.75, 3.05) is 0 Å². The maximum Gasteiger partial charge on any atom is -0.00206 e. The molecule has 0 aliphatic heterocycles. The van der Waals surface area contributed by atoms with Gasteiger partial charge >= 0.3 is 0 Å². The van der Waals surface area contributed by atoms with Crippen molar-refractivity contribution in [1.82, 2.24) is 0 Å². The summed E-state index contributed by atoms with van der Waals surface area (Å²) in [6, 6.07) is 54.4. The van der Waals surface area contributed by atoms with Crippen molar-refractivity contribution < 1.29 is 0 Å². The Hall–Kier alpha value is -5.46. The van der Waals surface area contributed by atoms with Crippen LogP contribution in [0, 0.1) is 0 Å². The van der Waals surface area contributed by atoms with Crippen LogP contribution in [-0.2, 0) is 0 Å². The van der Waals surface area contributed by atoms with Crippen molar-refractivity contribution in [3.8, 4) is 22.3 Å². The Morgan fingerprint density at radius 1 is 0.190 bits per heavy atom. The third kappa shape index (κ3) is 2.86. The highest BCUT2D eigenvalue weighted by Crippen LogP contribution is 2.45. The van der Waals surface area contributed by atoms with E-state index in [1.54, 1.807) is 0 Å².